The summed E-state index contributed by atoms with van der Waals surface area (Å²) in [5.41, 5.74) is 2.17. The minimum absolute atomic E-state index is 0.00614. The number of sulfonamides is 1. The SMILES string of the molecule is CCn1c(=O)n(CCC(=O)N(C)C(C)c2cccc(S(N)(=O)=O)c2)c2ccccc21. The first kappa shape index (κ1) is 21.8. The Bertz CT molecular complexity index is 1240. The van der Waals surface area contributed by atoms with E-state index >= 15 is 0 Å². The summed E-state index contributed by atoms with van der Waals surface area (Å²) in [7, 11) is -2.16. The van der Waals surface area contributed by atoms with Gasteiger partial charge in [-0.3, -0.25) is 13.9 Å². The zero-order valence-electron chi connectivity index (χ0n) is 17.3. The number of imidazole rings is 1. The fourth-order valence-corrected chi connectivity index (χ4v) is 4.14. The second-order valence-corrected chi connectivity index (χ2v) is 8.78. The third-order valence-electron chi connectivity index (χ3n) is 5.43. The number of rotatable bonds is 7. The summed E-state index contributed by atoms with van der Waals surface area (Å²) >= 11 is 0. The van der Waals surface area contributed by atoms with Crippen LogP contribution in [0.1, 0.15) is 31.9 Å². The largest absolute Gasteiger partial charge is 0.339 e. The highest BCUT2D eigenvalue weighted by molar-refractivity contribution is 7.89. The Kier molecular flexibility index (Phi) is 6.14. The molecule has 0 saturated carbocycles. The van der Waals surface area contributed by atoms with Crippen molar-refractivity contribution in [2.75, 3.05) is 7.05 Å². The molecule has 0 bridgehead atoms. The normalized spacial score (nSPS) is 12.8. The van der Waals surface area contributed by atoms with Crippen LogP contribution in [0.2, 0.25) is 0 Å². The maximum Gasteiger partial charge on any atom is 0.329 e. The molecule has 3 aromatic rings. The molecular weight excluding hydrogens is 404 g/mol. The van der Waals surface area contributed by atoms with Crippen molar-refractivity contribution in [3.8, 4) is 0 Å². The van der Waals surface area contributed by atoms with Crippen LogP contribution in [0.3, 0.4) is 0 Å². The van der Waals surface area contributed by atoms with Crippen LogP contribution in [0.15, 0.2) is 58.2 Å². The van der Waals surface area contributed by atoms with Crippen molar-refractivity contribution >= 4 is 27.0 Å². The number of carbonyl (C=O) groups excluding carboxylic acids is 1. The highest BCUT2D eigenvalue weighted by Gasteiger charge is 2.20. The van der Waals surface area contributed by atoms with Crippen molar-refractivity contribution < 1.29 is 13.2 Å². The van der Waals surface area contributed by atoms with E-state index in [1.54, 1.807) is 33.2 Å². The number of nitrogens with zero attached hydrogens (tertiary/aromatic N) is 3. The topological polar surface area (TPSA) is 107 Å². The lowest BCUT2D eigenvalue weighted by atomic mass is 10.1. The number of primary sulfonamides is 1. The molecule has 1 aromatic heterocycles. The Labute approximate surface area is 175 Å². The molecular formula is C21H26N4O4S. The number of amides is 1. The highest BCUT2D eigenvalue weighted by atomic mass is 32.2. The predicted molar refractivity (Wildman–Crippen MR) is 115 cm³/mol. The van der Waals surface area contributed by atoms with E-state index in [0.717, 1.165) is 11.0 Å². The van der Waals surface area contributed by atoms with Crippen LogP contribution >= 0.6 is 0 Å². The van der Waals surface area contributed by atoms with Crippen LogP contribution in [0.25, 0.3) is 11.0 Å². The fraction of sp³-hybridized carbons (Fsp3) is 0.333. The van der Waals surface area contributed by atoms with Crippen LogP contribution < -0.4 is 10.8 Å². The molecule has 8 nitrogen and oxygen atoms in total. The molecule has 1 unspecified atom stereocenters. The van der Waals surface area contributed by atoms with E-state index in [4.69, 9.17) is 5.14 Å². The van der Waals surface area contributed by atoms with E-state index in [1.165, 1.54) is 12.1 Å². The molecule has 3 rings (SSSR count). The standard InChI is InChI=1S/C21H26N4O4S/c1-4-24-18-10-5-6-11-19(18)25(21(24)27)13-12-20(26)23(3)15(2)16-8-7-9-17(14-16)30(22,28)29/h5-11,14-15H,4,12-13H2,1-3H3,(H2,22,28,29). The van der Waals surface area contributed by atoms with Gasteiger partial charge in [-0.25, -0.2) is 18.4 Å². The number of aryl methyl sites for hydroxylation is 2. The molecule has 30 heavy (non-hydrogen) atoms. The van der Waals surface area contributed by atoms with Crippen molar-refractivity contribution in [1.82, 2.24) is 14.0 Å². The maximum atomic E-state index is 12.8. The van der Waals surface area contributed by atoms with Crippen LogP contribution in [0.5, 0.6) is 0 Å². The van der Waals surface area contributed by atoms with Crippen molar-refractivity contribution in [2.24, 2.45) is 5.14 Å². The molecule has 0 aliphatic rings. The van der Waals surface area contributed by atoms with Gasteiger partial charge in [-0.1, -0.05) is 24.3 Å². The molecule has 0 saturated heterocycles. The Hall–Kier alpha value is -2.91. The van der Waals surface area contributed by atoms with Crippen molar-refractivity contribution in [1.29, 1.82) is 0 Å². The minimum atomic E-state index is -3.82. The van der Waals surface area contributed by atoms with E-state index in [9.17, 15) is 18.0 Å². The van der Waals surface area contributed by atoms with Gasteiger partial charge in [0.25, 0.3) is 0 Å². The molecule has 2 aromatic carbocycles. The average Bonchev–Trinajstić information content (AvgIpc) is 3.00. The summed E-state index contributed by atoms with van der Waals surface area (Å²) < 4.78 is 26.5. The molecule has 0 fully saturated rings. The number of aromatic nitrogens is 2. The van der Waals surface area contributed by atoms with Gasteiger partial charge in [-0.2, -0.15) is 0 Å². The monoisotopic (exact) mass is 430 g/mol. The van der Waals surface area contributed by atoms with Crippen LogP contribution in [0.4, 0.5) is 0 Å². The number of para-hydroxylation sites is 2. The number of nitrogens with two attached hydrogens (primary N) is 1. The van der Waals surface area contributed by atoms with Gasteiger partial charge in [0.15, 0.2) is 0 Å². The van der Waals surface area contributed by atoms with E-state index in [0.29, 0.717) is 12.1 Å². The average molecular weight is 431 g/mol. The first-order chi connectivity index (χ1) is 14.1. The molecule has 1 amide bonds. The number of benzene rings is 2. The van der Waals surface area contributed by atoms with Gasteiger partial charge < -0.3 is 4.90 Å². The fourth-order valence-electron chi connectivity index (χ4n) is 3.57. The molecule has 2 N–H and O–H groups in total. The van der Waals surface area contributed by atoms with Gasteiger partial charge >= 0.3 is 5.69 Å². The van der Waals surface area contributed by atoms with Crippen molar-refractivity contribution in [3.63, 3.8) is 0 Å². The third kappa shape index (κ3) is 4.17. The zero-order valence-corrected chi connectivity index (χ0v) is 18.1. The smallest absolute Gasteiger partial charge is 0.329 e. The van der Waals surface area contributed by atoms with E-state index < -0.39 is 10.0 Å². The zero-order chi connectivity index (χ0) is 22.1. The molecule has 1 heterocycles. The van der Waals surface area contributed by atoms with Gasteiger partial charge in [0.1, 0.15) is 0 Å². The van der Waals surface area contributed by atoms with Gasteiger partial charge in [-0.05, 0) is 43.7 Å². The van der Waals surface area contributed by atoms with Crippen LogP contribution in [-0.4, -0.2) is 35.4 Å². The molecule has 0 aliphatic carbocycles. The summed E-state index contributed by atoms with van der Waals surface area (Å²) in [5, 5.41) is 5.20. The van der Waals surface area contributed by atoms with Crippen LogP contribution in [-0.2, 0) is 27.9 Å². The van der Waals surface area contributed by atoms with E-state index in [1.807, 2.05) is 38.1 Å². The number of carbonyl (C=O) groups is 1. The van der Waals surface area contributed by atoms with E-state index in [2.05, 4.69) is 0 Å². The minimum Gasteiger partial charge on any atom is -0.339 e. The van der Waals surface area contributed by atoms with Gasteiger partial charge in [0.2, 0.25) is 15.9 Å². The highest BCUT2D eigenvalue weighted by Crippen LogP contribution is 2.22. The summed E-state index contributed by atoms with van der Waals surface area (Å²) in [6.07, 6.45) is 0.146. The molecule has 0 aliphatic heterocycles. The second-order valence-electron chi connectivity index (χ2n) is 7.22. The number of fused-ring (bicyclic) bond motifs is 1. The van der Waals surface area contributed by atoms with Crippen LogP contribution in [0, 0.1) is 0 Å². The number of hydrogen-bond donors (Lipinski definition) is 1. The lowest BCUT2D eigenvalue weighted by molar-refractivity contribution is -0.132. The van der Waals surface area contributed by atoms with E-state index in [-0.39, 0.29) is 35.5 Å². The summed E-state index contributed by atoms with van der Waals surface area (Å²) in [4.78, 5) is 27.1. The molecule has 0 spiro atoms. The first-order valence-electron chi connectivity index (χ1n) is 9.71. The summed E-state index contributed by atoms with van der Waals surface area (Å²) in [6, 6.07) is 13.4. The Morgan fingerprint density at radius 3 is 2.33 bits per heavy atom. The quantitative estimate of drug-likeness (QED) is 0.619. The maximum absolute atomic E-state index is 12.8. The van der Waals surface area contributed by atoms with Gasteiger partial charge in [0.05, 0.1) is 22.0 Å². The first-order valence-corrected chi connectivity index (χ1v) is 11.3. The lowest BCUT2D eigenvalue weighted by Gasteiger charge is -2.26. The predicted octanol–water partition coefficient (Wildman–Crippen LogP) is 2.08. The molecule has 9 heteroatoms. The Balaban J connectivity index is 1.78. The molecule has 1 atom stereocenters. The number of hydrogen-bond acceptors (Lipinski definition) is 4. The molecule has 160 valence electrons. The Morgan fingerprint density at radius 2 is 1.73 bits per heavy atom. The summed E-state index contributed by atoms with van der Waals surface area (Å²) in [6.45, 7) is 4.54. The third-order valence-corrected chi connectivity index (χ3v) is 6.35. The Morgan fingerprint density at radius 1 is 1.10 bits per heavy atom. The van der Waals surface area contributed by atoms with Crippen molar-refractivity contribution in [2.45, 2.75) is 44.3 Å². The lowest BCUT2D eigenvalue weighted by Crippen LogP contribution is -2.32. The van der Waals surface area contributed by atoms with Gasteiger partial charge in [0, 0.05) is 26.6 Å². The van der Waals surface area contributed by atoms with Gasteiger partial charge in [-0.15, -0.1) is 0 Å². The molecule has 0 radical (unpaired) electrons. The van der Waals surface area contributed by atoms with Crippen molar-refractivity contribution in [3.05, 3.63) is 64.6 Å². The summed E-state index contributed by atoms with van der Waals surface area (Å²) in [5.74, 6) is -0.149. The second kappa shape index (κ2) is 8.45.